The third kappa shape index (κ3) is 3.52. The molecule has 0 unspecified atom stereocenters. The molecule has 6 heteroatoms. The summed E-state index contributed by atoms with van der Waals surface area (Å²) >= 11 is 8.66. The molecule has 96 valence electrons. The predicted molar refractivity (Wildman–Crippen MR) is 83.2 cm³/mol. The largest absolute Gasteiger partial charge is 0.365 e. The lowest BCUT2D eigenvalue weighted by atomic mass is 10.2. The van der Waals surface area contributed by atoms with E-state index in [2.05, 4.69) is 72.4 Å². The van der Waals surface area contributed by atoms with Crippen molar-refractivity contribution in [3.8, 4) is 0 Å². The minimum absolute atomic E-state index is 0.316. The molecule has 0 amide bonds. The number of nitrogens with one attached hydrogen (secondary N) is 1. The summed E-state index contributed by atoms with van der Waals surface area (Å²) in [5, 5.41) is 5.39. The minimum Gasteiger partial charge on any atom is -0.365 e. The topological polar surface area (TPSA) is 37.8 Å². The first kappa shape index (κ1) is 14.0. The molecule has 3 nitrogen and oxygen atoms in total. The molecule has 0 saturated carbocycles. The van der Waals surface area contributed by atoms with Crippen LogP contribution in [0.2, 0.25) is 0 Å². The van der Waals surface area contributed by atoms with Crippen LogP contribution in [0, 0.1) is 0 Å². The molecule has 0 aliphatic carbocycles. The zero-order valence-corrected chi connectivity index (χ0v) is 14.1. The summed E-state index contributed by atoms with van der Waals surface area (Å²) in [5.74, 6) is 2.01. The van der Waals surface area contributed by atoms with Crippen LogP contribution in [0.4, 0.5) is 5.82 Å². The maximum absolute atomic E-state index is 4.50. The summed E-state index contributed by atoms with van der Waals surface area (Å²) in [7, 11) is 0. The van der Waals surface area contributed by atoms with Crippen molar-refractivity contribution in [1.29, 1.82) is 0 Å². The molecule has 18 heavy (non-hydrogen) atoms. The Balaban J connectivity index is 2.12. The zero-order valence-electron chi connectivity index (χ0n) is 10.1. The summed E-state index contributed by atoms with van der Waals surface area (Å²) in [6.45, 7) is 4.93. The Morgan fingerprint density at radius 3 is 2.72 bits per heavy atom. The van der Waals surface area contributed by atoms with Crippen LogP contribution in [0.15, 0.2) is 26.6 Å². The number of halogens is 2. The van der Waals surface area contributed by atoms with Gasteiger partial charge < -0.3 is 5.32 Å². The van der Waals surface area contributed by atoms with E-state index in [9.17, 15) is 0 Å². The quantitative estimate of drug-likeness (QED) is 0.762. The molecule has 0 bridgehead atoms. The molecule has 0 atom stereocenters. The van der Waals surface area contributed by atoms with Gasteiger partial charge in [-0.15, -0.1) is 11.3 Å². The predicted octanol–water partition coefficient (Wildman–Crippen LogP) is 4.80. The lowest BCUT2D eigenvalue weighted by Gasteiger charge is -2.09. The highest BCUT2D eigenvalue weighted by Gasteiger charge is 2.07. The van der Waals surface area contributed by atoms with Crippen molar-refractivity contribution in [2.45, 2.75) is 26.3 Å². The first-order valence-corrected chi connectivity index (χ1v) is 8.03. The second-order valence-corrected chi connectivity index (χ2v) is 6.80. The van der Waals surface area contributed by atoms with Gasteiger partial charge in [0.1, 0.15) is 16.2 Å². The Hall–Kier alpha value is -0.460. The molecule has 2 aromatic heterocycles. The fourth-order valence-corrected chi connectivity index (χ4v) is 3.24. The van der Waals surface area contributed by atoms with Crippen molar-refractivity contribution in [1.82, 2.24) is 9.97 Å². The number of aromatic nitrogens is 2. The smallest absolute Gasteiger partial charge is 0.134 e. The Labute approximate surface area is 127 Å². The highest BCUT2D eigenvalue weighted by molar-refractivity contribution is 9.10. The standard InChI is InChI=1S/C12H13Br2N3S/c1-7(2)12-16-10(14)5-11(17-12)15-6-9-8(13)3-4-18-9/h3-5,7H,6H2,1-2H3,(H,15,16,17). The maximum atomic E-state index is 4.50. The molecule has 2 rings (SSSR count). The normalized spacial score (nSPS) is 10.9. The molecule has 2 aromatic rings. The van der Waals surface area contributed by atoms with E-state index in [0.717, 1.165) is 27.3 Å². The van der Waals surface area contributed by atoms with Crippen LogP contribution in [0.5, 0.6) is 0 Å². The van der Waals surface area contributed by atoms with Gasteiger partial charge >= 0.3 is 0 Å². The molecule has 0 aromatic carbocycles. The van der Waals surface area contributed by atoms with Crippen LogP contribution < -0.4 is 5.32 Å². The van der Waals surface area contributed by atoms with Gasteiger partial charge in [0, 0.05) is 21.3 Å². The fourth-order valence-electron chi connectivity index (χ4n) is 1.41. The van der Waals surface area contributed by atoms with E-state index in [4.69, 9.17) is 0 Å². The van der Waals surface area contributed by atoms with Crippen LogP contribution in [0.3, 0.4) is 0 Å². The van der Waals surface area contributed by atoms with Gasteiger partial charge in [0.2, 0.25) is 0 Å². The molecular formula is C12H13Br2N3S. The van der Waals surface area contributed by atoms with Crippen LogP contribution >= 0.6 is 43.2 Å². The van der Waals surface area contributed by atoms with Crippen LogP contribution in [-0.4, -0.2) is 9.97 Å². The summed E-state index contributed by atoms with van der Waals surface area (Å²) < 4.78 is 1.95. The molecule has 0 fully saturated rings. The zero-order chi connectivity index (χ0) is 13.1. The van der Waals surface area contributed by atoms with E-state index in [1.165, 1.54) is 4.88 Å². The average molecular weight is 391 g/mol. The number of hydrogen-bond acceptors (Lipinski definition) is 4. The van der Waals surface area contributed by atoms with Crippen molar-refractivity contribution in [2.24, 2.45) is 0 Å². The lowest BCUT2D eigenvalue weighted by Crippen LogP contribution is -2.05. The van der Waals surface area contributed by atoms with E-state index in [1.807, 2.05) is 6.07 Å². The number of hydrogen-bond donors (Lipinski definition) is 1. The molecule has 0 saturated heterocycles. The van der Waals surface area contributed by atoms with Crippen LogP contribution in [0.25, 0.3) is 0 Å². The molecule has 2 heterocycles. The maximum Gasteiger partial charge on any atom is 0.134 e. The van der Waals surface area contributed by atoms with Gasteiger partial charge in [-0.1, -0.05) is 13.8 Å². The number of nitrogens with zero attached hydrogens (tertiary/aromatic N) is 2. The van der Waals surface area contributed by atoms with Gasteiger partial charge in [-0.05, 0) is 43.3 Å². The van der Waals surface area contributed by atoms with E-state index >= 15 is 0 Å². The molecular weight excluding hydrogens is 378 g/mol. The summed E-state index contributed by atoms with van der Waals surface area (Å²) in [6, 6.07) is 3.95. The second-order valence-electron chi connectivity index (χ2n) is 4.13. The lowest BCUT2D eigenvalue weighted by molar-refractivity contribution is 0.769. The van der Waals surface area contributed by atoms with Gasteiger partial charge in [-0.25, -0.2) is 9.97 Å². The van der Waals surface area contributed by atoms with E-state index in [0.29, 0.717) is 5.92 Å². The van der Waals surface area contributed by atoms with Gasteiger partial charge in [-0.2, -0.15) is 0 Å². The Morgan fingerprint density at radius 1 is 1.33 bits per heavy atom. The summed E-state index contributed by atoms with van der Waals surface area (Å²) in [5.41, 5.74) is 0. The molecule has 0 radical (unpaired) electrons. The second kappa shape index (κ2) is 6.12. The highest BCUT2D eigenvalue weighted by Crippen LogP contribution is 2.24. The molecule has 0 spiro atoms. The monoisotopic (exact) mass is 389 g/mol. The summed E-state index contributed by atoms with van der Waals surface area (Å²) in [6.07, 6.45) is 0. The molecule has 1 N–H and O–H groups in total. The van der Waals surface area contributed by atoms with Gasteiger partial charge in [0.15, 0.2) is 0 Å². The minimum atomic E-state index is 0.316. The SMILES string of the molecule is CC(C)c1nc(Br)cc(NCc2sccc2Br)n1. The van der Waals surface area contributed by atoms with E-state index in [1.54, 1.807) is 11.3 Å². The fraction of sp³-hybridized carbons (Fsp3) is 0.333. The number of anilines is 1. The van der Waals surface area contributed by atoms with Crippen molar-refractivity contribution in [2.75, 3.05) is 5.32 Å². The van der Waals surface area contributed by atoms with E-state index in [-0.39, 0.29) is 0 Å². The van der Waals surface area contributed by atoms with Crippen molar-refractivity contribution >= 4 is 49.0 Å². The van der Waals surface area contributed by atoms with Gasteiger partial charge in [-0.3, -0.25) is 0 Å². The molecule has 0 aliphatic heterocycles. The number of thiophene rings is 1. The van der Waals surface area contributed by atoms with Crippen LogP contribution in [-0.2, 0) is 6.54 Å². The van der Waals surface area contributed by atoms with Gasteiger partial charge in [0.25, 0.3) is 0 Å². The van der Waals surface area contributed by atoms with Crippen molar-refractivity contribution < 1.29 is 0 Å². The Kier molecular flexibility index (Phi) is 4.75. The highest BCUT2D eigenvalue weighted by atomic mass is 79.9. The van der Waals surface area contributed by atoms with Crippen molar-refractivity contribution in [3.63, 3.8) is 0 Å². The van der Waals surface area contributed by atoms with Crippen molar-refractivity contribution in [3.05, 3.63) is 37.3 Å². The summed E-state index contributed by atoms with van der Waals surface area (Å²) in [4.78, 5) is 10.1. The Bertz CT molecular complexity index is 540. The third-order valence-electron chi connectivity index (χ3n) is 2.35. The molecule has 0 aliphatic rings. The third-order valence-corrected chi connectivity index (χ3v) is 4.68. The van der Waals surface area contributed by atoms with Crippen LogP contribution in [0.1, 0.15) is 30.5 Å². The van der Waals surface area contributed by atoms with Gasteiger partial charge in [0.05, 0.1) is 6.54 Å². The average Bonchev–Trinajstić information content (AvgIpc) is 2.71. The Morgan fingerprint density at radius 2 is 2.11 bits per heavy atom. The first-order valence-electron chi connectivity index (χ1n) is 5.56. The number of rotatable bonds is 4. The first-order chi connectivity index (χ1) is 8.56. The van der Waals surface area contributed by atoms with E-state index < -0.39 is 0 Å².